The van der Waals surface area contributed by atoms with Crippen LogP contribution in [0.1, 0.15) is 16.7 Å². The molecule has 0 radical (unpaired) electrons. The van der Waals surface area contributed by atoms with Crippen LogP contribution >= 0.6 is 7.92 Å². The molecule has 0 saturated heterocycles. The summed E-state index contributed by atoms with van der Waals surface area (Å²) in [6.45, 7) is 0. The van der Waals surface area contributed by atoms with E-state index in [9.17, 15) is 38.9 Å². The second-order valence-electron chi connectivity index (χ2n) is 7.44. The van der Waals surface area contributed by atoms with Crippen molar-refractivity contribution < 1.29 is 128 Å². The number of hydrogen-bond acceptors (Lipinski definition) is 9. The Bertz CT molecular complexity index is 1300. The predicted molar refractivity (Wildman–Crippen MR) is 121 cm³/mol. The molecule has 9 nitrogen and oxygen atoms in total. The molecule has 0 heterocycles. The average Bonchev–Trinajstić information content (AvgIpc) is 2.73. The molecule has 0 aliphatic rings. The van der Waals surface area contributed by atoms with Crippen LogP contribution in [0.2, 0.25) is 0 Å². The maximum Gasteiger partial charge on any atom is 1.00 e. The fourth-order valence-corrected chi connectivity index (χ4v) is 7.15. The van der Waals surface area contributed by atoms with Crippen molar-refractivity contribution in [2.24, 2.45) is 0 Å². The van der Waals surface area contributed by atoms with Gasteiger partial charge in [-0.1, -0.05) is 44.3 Å². The summed E-state index contributed by atoms with van der Waals surface area (Å²) in [5.74, 6) is 0. The van der Waals surface area contributed by atoms with Crippen molar-refractivity contribution >= 4 is 38.3 Å². The molecule has 0 aliphatic carbocycles. The quantitative estimate of drug-likeness (QED) is 0.130. The molecule has 37 heavy (non-hydrogen) atoms. The second-order valence-corrected chi connectivity index (χ2v) is 13.9. The van der Waals surface area contributed by atoms with Crippen LogP contribution in [0.3, 0.4) is 0 Å². The van der Waals surface area contributed by atoms with Crippen LogP contribution in [-0.2, 0) is 48.8 Å². The molecule has 3 aromatic rings. The first kappa shape index (κ1) is 37.8. The van der Waals surface area contributed by atoms with E-state index < -0.39 is 38.3 Å². The standard InChI is InChI=1S/C21H21O9PS3.3Na/c22-32(23,24)19-7-1-16(2-8-19)13-31(14-17-3-9-20(10-4-17)33(25,26)27)15-18-5-11-21(12-6-18)34(28,29)30;;;/h1-12H,13-15H2,(H,22,23,24)(H,25,26,27)(H,28,29,30);;;/q;3*+1/p-3. The zero-order valence-electron chi connectivity index (χ0n) is 20.4. The Hall–Kier alpha value is 0.820. The van der Waals surface area contributed by atoms with Gasteiger partial charge < -0.3 is 13.7 Å². The molecule has 3 rings (SSSR count). The minimum absolute atomic E-state index is 0. The minimum Gasteiger partial charge on any atom is -0.744 e. The van der Waals surface area contributed by atoms with Gasteiger partial charge >= 0.3 is 88.7 Å². The van der Waals surface area contributed by atoms with Crippen LogP contribution in [0.15, 0.2) is 87.5 Å². The molecule has 0 unspecified atom stereocenters. The van der Waals surface area contributed by atoms with Crippen LogP contribution in [0, 0.1) is 0 Å². The minimum atomic E-state index is -4.57. The molecule has 0 atom stereocenters. The molecule has 3 aromatic carbocycles. The summed E-state index contributed by atoms with van der Waals surface area (Å²) >= 11 is 0. The third-order valence-corrected chi connectivity index (χ3v) is 9.84. The van der Waals surface area contributed by atoms with Crippen molar-refractivity contribution in [3.63, 3.8) is 0 Å². The summed E-state index contributed by atoms with van der Waals surface area (Å²) in [5.41, 5.74) is 2.32. The van der Waals surface area contributed by atoms with Gasteiger partial charge in [0.1, 0.15) is 30.4 Å². The Morgan fingerprint density at radius 1 is 0.432 bits per heavy atom. The van der Waals surface area contributed by atoms with E-state index in [2.05, 4.69) is 0 Å². The zero-order valence-corrected chi connectivity index (χ0v) is 29.7. The van der Waals surface area contributed by atoms with Gasteiger partial charge in [0.15, 0.2) is 0 Å². The van der Waals surface area contributed by atoms with Gasteiger partial charge in [-0.05, 0) is 71.6 Å². The van der Waals surface area contributed by atoms with Gasteiger partial charge in [-0.3, -0.25) is 0 Å². The largest absolute Gasteiger partial charge is 1.00 e. The van der Waals surface area contributed by atoms with Crippen molar-refractivity contribution in [2.75, 3.05) is 0 Å². The molecule has 0 amide bonds. The van der Waals surface area contributed by atoms with Crippen LogP contribution in [0.25, 0.3) is 0 Å². The monoisotopic (exact) mass is 610 g/mol. The summed E-state index contributed by atoms with van der Waals surface area (Å²) in [5, 5.41) is 0. The van der Waals surface area contributed by atoms with Crippen molar-refractivity contribution in [3.05, 3.63) is 89.5 Å². The molecule has 0 saturated carbocycles. The summed E-state index contributed by atoms with van der Waals surface area (Å²) in [6, 6.07) is 16.6. The van der Waals surface area contributed by atoms with Crippen LogP contribution < -0.4 is 88.7 Å². The van der Waals surface area contributed by atoms with Gasteiger partial charge in [-0.2, -0.15) is 0 Å². The van der Waals surface area contributed by atoms with E-state index in [1.807, 2.05) is 0 Å². The average molecular weight is 611 g/mol. The number of rotatable bonds is 9. The summed E-state index contributed by atoms with van der Waals surface area (Å²) in [6.07, 6.45) is 1.53. The van der Waals surface area contributed by atoms with E-state index >= 15 is 0 Å². The third-order valence-electron chi connectivity index (χ3n) is 4.85. The molecule has 0 aliphatic heterocycles. The van der Waals surface area contributed by atoms with E-state index in [4.69, 9.17) is 0 Å². The maximum atomic E-state index is 11.2. The van der Waals surface area contributed by atoms with Crippen molar-refractivity contribution in [2.45, 2.75) is 33.2 Å². The van der Waals surface area contributed by atoms with E-state index in [1.54, 1.807) is 36.4 Å². The Labute approximate surface area is 284 Å². The first-order chi connectivity index (χ1) is 15.7. The van der Waals surface area contributed by atoms with Gasteiger partial charge in [0.25, 0.3) is 0 Å². The Balaban J connectivity index is 0.00000432. The Morgan fingerprint density at radius 3 is 0.784 bits per heavy atom. The molecule has 182 valence electrons. The Kier molecular flexibility index (Phi) is 16.1. The van der Waals surface area contributed by atoms with Crippen molar-refractivity contribution in [1.29, 1.82) is 0 Å². The topological polar surface area (TPSA) is 172 Å². The fraction of sp³-hybridized carbons (Fsp3) is 0.143. The third kappa shape index (κ3) is 12.1. The fourth-order valence-electron chi connectivity index (χ4n) is 3.23. The smallest absolute Gasteiger partial charge is 0.744 e. The normalized spacial score (nSPS) is 11.7. The van der Waals surface area contributed by atoms with E-state index in [1.165, 1.54) is 36.4 Å². The van der Waals surface area contributed by atoms with Gasteiger partial charge in [0.2, 0.25) is 0 Å². The van der Waals surface area contributed by atoms with Crippen LogP contribution in [0.5, 0.6) is 0 Å². The molecule has 0 aromatic heterocycles. The van der Waals surface area contributed by atoms with E-state index in [-0.39, 0.29) is 103 Å². The molecule has 16 heteroatoms. The second kappa shape index (κ2) is 15.7. The Morgan fingerprint density at radius 2 is 0.622 bits per heavy atom. The molecular formula is C21H18Na3O9PS3. The summed E-state index contributed by atoms with van der Waals surface area (Å²) < 4.78 is 100. The van der Waals surface area contributed by atoms with E-state index in [0.29, 0.717) is 18.5 Å². The van der Waals surface area contributed by atoms with Crippen molar-refractivity contribution in [1.82, 2.24) is 0 Å². The van der Waals surface area contributed by atoms with Crippen LogP contribution in [-0.4, -0.2) is 38.9 Å². The predicted octanol–water partition coefficient (Wildman–Crippen LogP) is -6.21. The van der Waals surface area contributed by atoms with Gasteiger partial charge in [-0.15, -0.1) is 0 Å². The van der Waals surface area contributed by atoms with Gasteiger partial charge in [-0.25, -0.2) is 25.3 Å². The summed E-state index contributed by atoms with van der Waals surface area (Å²) in [4.78, 5) is -1.03. The van der Waals surface area contributed by atoms with Crippen molar-refractivity contribution in [3.8, 4) is 0 Å². The molecule has 0 fully saturated rings. The first-order valence-electron chi connectivity index (χ1n) is 9.59. The number of hydrogen-bond donors (Lipinski definition) is 0. The molecule has 0 N–H and O–H groups in total. The summed E-state index contributed by atoms with van der Waals surface area (Å²) in [7, 11) is -14.6. The van der Waals surface area contributed by atoms with E-state index in [0.717, 1.165) is 16.7 Å². The molecular weight excluding hydrogens is 592 g/mol. The molecule has 0 spiro atoms. The maximum absolute atomic E-state index is 11.2. The SMILES string of the molecule is O=S(=O)([O-])c1ccc(CP(Cc2ccc(S(=O)(=O)[O-])cc2)Cc2ccc(S(=O)(=O)[O-])cc2)cc1.[Na+].[Na+].[Na+]. The van der Waals surface area contributed by atoms with Gasteiger partial charge in [0.05, 0.1) is 14.7 Å². The molecule has 0 bridgehead atoms. The first-order valence-corrected chi connectivity index (χ1v) is 15.7. The zero-order chi connectivity index (χ0) is 25.1. The number of benzene rings is 3. The van der Waals surface area contributed by atoms with Crippen LogP contribution in [0.4, 0.5) is 0 Å². The van der Waals surface area contributed by atoms with Gasteiger partial charge in [0, 0.05) is 0 Å².